The highest BCUT2D eigenvalue weighted by Gasteiger charge is 2.20. The zero-order chi connectivity index (χ0) is 21.8. The first-order valence-electron chi connectivity index (χ1n) is 10.3. The van der Waals surface area contributed by atoms with Crippen LogP contribution in [-0.4, -0.2) is 48.5 Å². The second-order valence-electron chi connectivity index (χ2n) is 7.68. The smallest absolute Gasteiger partial charge is 0.228 e. The Morgan fingerprint density at radius 2 is 1.58 bits per heavy atom. The maximum Gasteiger partial charge on any atom is 0.228 e. The van der Waals surface area contributed by atoms with E-state index in [4.69, 9.17) is 4.74 Å². The summed E-state index contributed by atoms with van der Waals surface area (Å²) in [5.74, 6) is 0.662. The van der Waals surface area contributed by atoms with Crippen LogP contribution in [0.15, 0.2) is 54.6 Å². The fourth-order valence-electron chi connectivity index (χ4n) is 3.52. The van der Waals surface area contributed by atoms with Crippen LogP contribution in [-0.2, 0) is 0 Å². The molecule has 6 nitrogen and oxygen atoms in total. The minimum atomic E-state index is -0.232. The van der Waals surface area contributed by atoms with E-state index < -0.39 is 0 Å². The van der Waals surface area contributed by atoms with Crippen LogP contribution in [0, 0.1) is 19.7 Å². The molecule has 0 amide bonds. The molecular formula is C24H25FN4O2. The van der Waals surface area contributed by atoms with Crippen molar-refractivity contribution in [1.82, 2.24) is 9.97 Å². The Hall–Kier alpha value is -3.48. The second kappa shape index (κ2) is 9.12. The minimum absolute atomic E-state index is 0.0721. The molecular weight excluding hydrogens is 395 g/mol. The number of piperazine rings is 1. The molecule has 3 aromatic rings. The number of aromatic nitrogens is 2. The average Bonchev–Trinajstić information content (AvgIpc) is 2.78. The van der Waals surface area contributed by atoms with Gasteiger partial charge in [0.2, 0.25) is 11.8 Å². The van der Waals surface area contributed by atoms with Gasteiger partial charge in [-0.2, -0.15) is 4.98 Å². The Balaban J connectivity index is 1.38. The lowest BCUT2D eigenvalue weighted by atomic mass is 10.1. The molecule has 0 atom stereocenters. The quantitative estimate of drug-likeness (QED) is 0.565. The third kappa shape index (κ3) is 5.17. The maximum atomic E-state index is 13.2. The summed E-state index contributed by atoms with van der Waals surface area (Å²) in [6.07, 6.45) is 0. The number of carbonyl (C=O) groups excluding carboxylic acids is 1. The van der Waals surface area contributed by atoms with Gasteiger partial charge in [0.1, 0.15) is 5.82 Å². The summed E-state index contributed by atoms with van der Waals surface area (Å²) >= 11 is 0. The number of nitrogens with zero attached hydrogens (tertiary/aromatic N) is 4. The maximum absolute atomic E-state index is 13.2. The first-order valence-corrected chi connectivity index (χ1v) is 10.3. The number of ether oxygens (including phenoxy) is 1. The van der Waals surface area contributed by atoms with Crippen LogP contribution in [0.1, 0.15) is 21.6 Å². The molecule has 1 aromatic heterocycles. The van der Waals surface area contributed by atoms with E-state index in [2.05, 4.69) is 19.8 Å². The van der Waals surface area contributed by atoms with E-state index >= 15 is 0 Å². The second-order valence-corrected chi connectivity index (χ2v) is 7.68. The Bertz CT molecular complexity index is 1050. The monoisotopic (exact) mass is 420 g/mol. The van der Waals surface area contributed by atoms with E-state index in [1.165, 1.54) is 12.1 Å². The summed E-state index contributed by atoms with van der Waals surface area (Å²) in [6, 6.07) is 15.7. The molecule has 0 saturated carbocycles. The van der Waals surface area contributed by atoms with Gasteiger partial charge in [-0.05, 0) is 38.1 Å². The molecule has 31 heavy (non-hydrogen) atoms. The van der Waals surface area contributed by atoms with Gasteiger partial charge < -0.3 is 14.5 Å². The number of hydrogen-bond donors (Lipinski definition) is 0. The lowest BCUT2D eigenvalue weighted by Crippen LogP contribution is -2.47. The van der Waals surface area contributed by atoms with Gasteiger partial charge in [-0.15, -0.1) is 0 Å². The van der Waals surface area contributed by atoms with Gasteiger partial charge in [-0.3, -0.25) is 4.79 Å². The van der Waals surface area contributed by atoms with Gasteiger partial charge in [-0.1, -0.05) is 29.8 Å². The van der Waals surface area contributed by atoms with Crippen LogP contribution in [0.2, 0.25) is 0 Å². The Morgan fingerprint density at radius 3 is 2.26 bits per heavy atom. The summed E-state index contributed by atoms with van der Waals surface area (Å²) in [6.45, 7) is 6.84. The first-order chi connectivity index (χ1) is 15.0. The van der Waals surface area contributed by atoms with Crippen molar-refractivity contribution in [3.63, 3.8) is 0 Å². The molecule has 0 bridgehead atoms. The van der Waals surface area contributed by atoms with E-state index in [1.54, 1.807) is 30.3 Å². The van der Waals surface area contributed by atoms with Gasteiger partial charge in [0.25, 0.3) is 0 Å². The SMILES string of the molecule is Cc1ccc(C(=O)COc2cc(C)nc(N3CCN(c4ccc(F)cc4)CC3)n2)cc1. The number of halogens is 1. The molecule has 0 radical (unpaired) electrons. The van der Waals surface area contributed by atoms with Crippen LogP contribution in [0.4, 0.5) is 16.0 Å². The number of aryl methyl sites for hydroxylation is 2. The average molecular weight is 420 g/mol. The molecule has 7 heteroatoms. The molecule has 1 aliphatic rings. The summed E-state index contributed by atoms with van der Waals surface area (Å²) in [7, 11) is 0. The van der Waals surface area contributed by atoms with E-state index in [-0.39, 0.29) is 18.2 Å². The number of anilines is 2. The van der Waals surface area contributed by atoms with Crippen LogP contribution >= 0.6 is 0 Å². The number of Topliss-reactive ketones (excluding diaryl/α,β-unsaturated/α-hetero) is 1. The summed E-state index contributed by atoms with van der Waals surface area (Å²) in [4.78, 5) is 25.8. The predicted octanol–water partition coefficient (Wildman–Crippen LogP) is 3.82. The van der Waals surface area contributed by atoms with Crippen molar-refractivity contribution < 1.29 is 13.9 Å². The van der Waals surface area contributed by atoms with Gasteiger partial charge >= 0.3 is 0 Å². The number of hydrogen-bond acceptors (Lipinski definition) is 6. The van der Waals surface area contributed by atoms with Crippen molar-refractivity contribution in [2.75, 3.05) is 42.6 Å². The van der Waals surface area contributed by atoms with Crippen LogP contribution in [0.25, 0.3) is 0 Å². The van der Waals surface area contributed by atoms with Crippen molar-refractivity contribution >= 4 is 17.4 Å². The molecule has 0 N–H and O–H groups in total. The third-order valence-corrected chi connectivity index (χ3v) is 5.30. The highest BCUT2D eigenvalue weighted by molar-refractivity contribution is 5.97. The number of benzene rings is 2. The summed E-state index contributed by atoms with van der Waals surface area (Å²) in [5, 5.41) is 0. The minimum Gasteiger partial charge on any atom is -0.469 e. The molecule has 160 valence electrons. The Kier molecular flexibility index (Phi) is 6.11. The standard InChI is InChI=1S/C24H25FN4O2/c1-17-3-5-19(6-4-17)22(30)16-31-23-15-18(2)26-24(27-23)29-13-11-28(12-14-29)21-9-7-20(25)8-10-21/h3-10,15H,11-14,16H2,1-2H3. The van der Waals surface area contributed by atoms with Crippen molar-refractivity contribution in [1.29, 1.82) is 0 Å². The molecule has 0 aliphatic carbocycles. The summed E-state index contributed by atoms with van der Waals surface area (Å²) in [5.41, 5.74) is 3.51. The number of carbonyl (C=O) groups is 1. The first kappa shape index (κ1) is 20.8. The largest absolute Gasteiger partial charge is 0.469 e. The van der Waals surface area contributed by atoms with E-state index in [1.807, 2.05) is 26.0 Å². The molecule has 0 spiro atoms. The molecule has 2 heterocycles. The van der Waals surface area contributed by atoms with Gasteiger partial charge in [0, 0.05) is 49.2 Å². The molecule has 1 saturated heterocycles. The number of ketones is 1. The normalized spacial score (nSPS) is 13.9. The highest BCUT2D eigenvalue weighted by Crippen LogP contribution is 2.21. The van der Waals surface area contributed by atoms with E-state index in [0.29, 0.717) is 17.4 Å². The van der Waals surface area contributed by atoms with Crippen molar-refractivity contribution in [2.45, 2.75) is 13.8 Å². The molecule has 0 unspecified atom stereocenters. The van der Waals surface area contributed by atoms with Gasteiger partial charge in [0.15, 0.2) is 12.4 Å². The molecule has 4 rings (SSSR count). The molecule has 1 fully saturated rings. The van der Waals surface area contributed by atoms with E-state index in [9.17, 15) is 9.18 Å². The Morgan fingerprint density at radius 1 is 0.935 bits per heavy atom. The van der Waals surface area contributed by atoms with Gasteiger partial charge in [0.05, 0.1) is 0 Å². The third-order valence-electron chi connectivity index (χ3n) is 5.30. The van der Waals surface area contributed by atoms with Crippen LogP contribution < -0.4 is 14.5 Å². The zero-order valence-electron chi connectivity index (χ0n) is 17.7. The van der Waals surface area contributed by atoms with Crippen molar-refractivity contribution in [3.05, 3.63) is 77.2 Å². The lowest BCUT2D eigenvalue weighted by molar-refractivity contribution is 0.0918. The van der Waals surface area contributed by atoms with E-state index in [0.717, 1.165) is 43.1 Å². The van der Waals surface area contributed by atoms with Crippen LogP contribution in [0.3, 0.4) is 0 Å². The Labute approximate surface area is 181 Å². The van der Waals surface area contributed by atoms with Gasteiger partial charge in [-0.25, -0.2) is 9.37 Å². The highest BCUT2D eigenvalue weighted by atomic mass is 19.1. The fourth-order valence-corrected chi connectivity index (χ4v) is 3.52. The molecule has 1 aliphatic heterocycles. The summed E-state index contributed by atoms with van der Waals surface area (Å²) < 4.78 is 18.9. The lowest BCUT2D eigenvalue weighted by Gasteiger charge is -2.36. The topological polar surface area (TPSA) is 58.6 Å². The van der Waals surface area contributed by atoms with Crippen molar-refractivity contribution in [2.24, 2.45) is 0 Å². The fraction of sp³-hybridized carbons (Fsp3) is 0.292. The molecule has 2 aromatic carbocycles. The number of rotatable bonds is 6. The van der Waals surface area contributed by atoms with Crippen LogP contribution in [0.5, 0.6) is 5.88 Å². The zero-order valence-corrected chi connectivity index (χ0v) is 17.7. The van der Waals surface area contributed by atoms with Crippen molar-refractivity contribution in [3.8, 4) is 5.88 Å². The predicted molar refractivity (Wildman–Crippen MR) is 119 cm³/mol.